The van der Waals surface area contributed by atoms with E-state index >= 15 is 0 Å². The van der Waals surface area contributed by atoms with E-state index in [1.165, 1.54) is 25.3 Å². The molecule has 0 fully saturated rings. The van der Waals surface area contributed by atoms with Crippen molar-refractivity contribution in [1.82, 2.24) is 20.3 Å². The quantitative estimate of drug-likeness (QED) is 0.806. The molecule has 0 aliphatic heterocycles. The maximum atomic E-state index is 13.5. The molecule has 8 heteroatoms. The number of amides is 1. The first-order chi connectivity index (χ1) is 11.5. The van der Waals surface area contributed by atoms with E-state index < -0.39 is 0 Å². The van der Waals surface area contributed by atoms with Gasteiger partial charge >= 0.3 is 6.01 Å². The molecule has 1 amide bonds. The second kappa shape index (κ2) is 8.00. The average molecular weight is 331 g/mol. The van der Waals surface area contributed by atoms with Crippen molar-refractivity contribution in [1.29, 1.82) is 0 Å². The minimum absolute atomic E-state index is 0.0974. The Labute approximate surface area is 139 Å². The maximum Gasteiger partial charge on any atom is 0.321 e. The summed E-state index contributed by atoms with van der Waals surface area (Å²) in [4.78, 5) is 25.9. The molecule has 0 bridgehead atoms. The van der Waals surface area contributed by atoms with Gasteiger partial charge in [0.15, 0.2) is 5.82 Å². The average Bonchev–Trinajstić information content (AvgIpc) is 2.58. The molecule has 0 radical (unpaired) electrons. The van der Waals surface area contributed by atoms with Crippen LogP contribution in [-0.4, -0.2) is 42.1 Å². The van der Waals surface area contributed by atoms with Gasteiger partial charge in [-0.05, 0) is 12.1 Å². The fourth-order valence-corrected chi connectivity index (χ4v) is 1.76. The van der Waals surface area contributed by atoms with Gasteiger partial charge in [0.1, 0.15) is 5.82 Å². The Hall–Kier alpha value is -3.03. The zero-order chi connectivity index (χ0) is 17.5. The fraction of sp³-hybridized carbons (Fsp3) is 0.250. The standard InChI is InChI=1S/C16H18FN5O2/c1-22(2)15-19-13(20-16(21-15)24-3)10-18-14(23)9-8-11-6-4-5-7-12(11)17/h4-9H,10H2,1-3H3,(H,18,23)/b9-8+. The van der Waals surface area contributed by atoms with Crippen molar-refractivity contribution in [2.75, 3.05) is 26.1 Å². The summed E-state index contributed by atoms with van der Waals surface area (Å²) in [5.41, 5.74) is 0.337. The predicted molar refractivity (Wildman–Crippen MR) is 88.0 cm³/mol. The van der Waals surface area contributed by atoms with Crippen LogP contribution in [0, 0.1) is 5.82 Å². The fourth-order valence-electron chi connectivity index (χ4n) is 1.76. The number of hydrogen-bond donors (Lipinski definition) is 1. The van der Waals surface area contributed by atoms with Gasteiger partial charge in [-0.15, -0.1) is 0 Å². The Bertz CT molecular complexity index is 749. The molecule has 0 unspecified atom stereocenters. The van der Waals surface area contributed by atoms with Gasteiger partial charge in [-0.3, -0.25) is 4.79 Å². The van der Waals surface area contributed by atoms with Crippen molar-refractivity contribution in [3.05, 3.63) is 47.5 Å². The van der Waals surface area contributed by atoms with Gasteiger partial charge in [-0.25, -0.2) is 4.39 Å². The van der Waals surface area contributed by atoms with Gasteiger partial charge in [0.25, 0.3) is 0 Å². The number of nitrogens with zero attached hydrogens (tertiary/aromatic N) is 4. The molecule has 1 aromatic heterocycles. The van der Waals surface area contributed by atoms with E-state index in [4.69, 9.17) is 4.74 Å². The van der Waals surface area contributed by atoms with Crippen molar-refractivity contribution in [3.8, 4) is 6.01 Å². The first kappa shape index (κ1) is 17.3. The van der Waals surface area contributed by atoms with Gasteiger partial charge < -0.3 is 15.0 Å². The van der Waals surface area contributed by atoms with Crippen LogP contribution in [0.15, 0.2) is 30.3 Å². The van der Waals surface area contributed by atoms with Crippen molar-refractivity contribution in [3.63, 3.8) is 0 Å². The van der Waals surface area contributed by atoms with Crippen LogP contribution in [0.25, 0.3) is 6.08 Å². The number of methoxy groups -OCH3 is 1. The number of nitrogens with one attached hydrogen (secondary N) is 1. The summed E-state index contributed by atoms with van der Waals surface area (Å²) in [5, 5.41) is 2.63. The summed E-state index contributed by atoms with van der Waals surface area (Å²) in [7, 11) is 5.02. The van der Waals surface area contributed by atoms with Gasteiger partial charge in [-0.1, -0.05) is 18.2 Å². The van der Waals surface area contributed by atoms with Crippen LogP contribution >= 0.6 is 0 Å². The third-order valence-corrected chi connectivity index (χ3v) is 2.97. The molecular formula is C16H18FN5O2. The van der Waals surface area contributed by atoms with E-state index in [2.05, 4.69) is 20.3 Å². The predicted octanol–water partition coefficient (Wildman–Crippen LogP) is 1.41. The number of carbonyl (C=O) groups excluding carboxylic acids is 1. The van der Waals surface area contributed by atoms with Crippen LogP contribution in [0.5, 0.6) is 6.01 Å². The minimum atomic E-state index is -0.389. The number of rotatable bonds is 6. The van der Waals surface area contributed by atoms with E-state index in [1.54, 1.807) is 37.2 Å². The summed E-state index contributed by atoms with van der Waals surface area (Å²) in [5.74, 6) is 0.00889. The van der Waals surface area contributed by atoms with Gasteiger partial charge in [0.05, 0.1) is 13.7 Å². The summed E-state index contributed by atoms with van der Waals surface area (Å²) in [6, 6.07) is 6.36. The Morgan fingerprint density at radius 2 is 2.04 bits per heavy atom. The third kappa shape index (κ3) is 4.73. The van der Waals surface area contributed by atoms with Crippen molar-refractivity contribution in [2.24, 2.45) is 0 Å². The molecule has 0 aliphatic rings. The molecule has 0 saturated carbocycles. The molecule has 2 rings (SSSR count). The number of halogens is 1. The number of anilines is 1. The Kier molecular flexibility index (Phi) is 5.78. The summed E-state index contributed by atoms with van der Waals surface area (Å²) >= 11 is 0. The van der Waals surface area contributed by atoms with Gasteiger partial charge in [-0.2, -0.15) is 15.0 Å². The third-order valence-electron chi connectivity index (χ3n) is 2.97. The normalized spacial score (nSPS) is 10.7. The Morgan fingerprint density at radius 3 is 2.71 bits per heavy atom. The number of benzene rings is 1. The molecule has 1 heterocycles. The first-order valence-corrected chi connectivity index (χ1v) is 7.16. The molecule has 2 aromatic rings. The molecule has 126 valence electrons. The van der Waals surface area contributed by atoms with Crippen molar-refractivity contribution in [2.45, 2.75) is 6.54 Å². The molecule has 1 aromatic carbocycles. The van der Waals surface area contributed by atoms with Gasteiger partial charge in [0, 0.05) is 25.7 Å². The Balaban J connectivity index is 2.01. The molecule has 7 nitrogen and oxygen atoms in total. The maximum absolute atomic E-state index is 13.5. The van der Waals surface area contributed by atoms with Crippen molar-refractivity contribution < 1.29 is 13.9 Å². The molecule has 1 N–H and O–H groups in total. The largest absolute Gasteiger partial charge is 0.467 e. The highest BCUT2D eigenvalue weighted by Gasteiger charge is 2.09. The lowest BCUT2D eigenvalue weighted by molar-refractivity contribution is -0.116. The number of carbonyl (C=O) groups is 1. The molecule has 24 heavy (non-hydrogen) atoms. The van der Waals surface area contributed by atoms with Crippen LogP contribution in [-0.2, 0) is 11.3 Å². The van der Waals surface area contributed by atoms with E-state index in [-0.39, 0.29) is 24.3 Å². The van der Waals surface area contributed by atoms with E-state index in [0.29, 0.717) is 17.3 Å². The zero-order valence-electron chi connectivity index (χ0n) is 13.7. The van der Waals surface area contributed by atoms with Crippen LogP contribution in [0.4, 0.5) is 10.3 Å². The number of aromatic nitrogens is 3. The Morgan fingerprint density at radius 1 is 1.29 bits per heavy atom. The lowest BCUT2D eigenvalue weighted by Gasteiger charge is -2.12. The van der Waals surface area contributed by atoms with E-state index in [9.17, 15) is 9.18 Å². The molecule has 0 atom stereocenters. The molecule has 0 spiro atoms. The summed E-state index contributed by atoms with van der Waals surface area (Å²) in [6.07, 6.45) is 2.66. The highest BCUT2D eigenvalue weighted by Crippen LogP contribution is 2.10. The second-order valence-electron chi connectivity index (χ2n) is 5.01. The highest BCUT2D eigenvalue weighted by atomic mass is 19.1. The summed E-state index contributed by atoms with van der Waals surface area (Å²) in [6.45, 7) is 0.0974. The molecular weight excluding hydrogens is 313 g/mol. The monoisotopic (exact) mass is 331 g/mol. The van der Waals surface area contributed by atoms with E-state index in [0.717, 1.165) is 0 Å². The smallest absolute Gasteiger partial charge is 0.321 e. The second-order valence-corrected chi connectivity index (χ2v) is 5.01. The lowest BCUT2D eigenvalue weighted by Crippen LogP contribution is -2.23. The molecule has 0 saturated heterocycles. The molecule has 0 aliphatic carbocycles. The van der Waals surface area contributed by atoms with Crippen LogP contribution in [0.3, 0.4) is 0 Å². The number of ether oxygens (including phenoxy) is 1. The van der Waals surface area contributed by atoms with Crippen molar-refractivity contribution >= 4 is 17.9 Å². The van der Waals surface area contributed by atoms with Crippen LogP contribution in [0.2, 0.25) is 0 Å². The zero-order valence-corrected chi connectivity index (χ0v) is 13.7. The lowest BCUT2D eigenvalue weighted by atomic mass is 10.2. The van der Waals surface area contributed by atoms with E-state index in [1.807, 2.05) is 0 Å². The van der Waals surface area contributed by atoms with Crippen LogP contribution < -0.4 is 15.0 Å². The summed E-state index contributed by atoms with van der Waals surface area (Å²) < 4.78 is 18.5. The SMILES string of the molecule is COc1nc(CNC(=O)/C=C/c2ccccc2F)nc(N(C)C)n1. The first-order valence-electron chi connectivity index (χ1n) is 7.16. The highest BCUT2D eigenvalue weighted by molar-refractivity contribution is 5.91. The number of hydrogen-bond acceptors (Lipinski definition) is 6. The minimum Gasteiger partial charge on any atom is -0.467 e. The van der Waals surface area contributed by atoms with Gasteiger partial charge in [0.2, 0.25) is 11.9 Å². The van der Waals surface area contributed by atoms with Crippen LogP contribution in [0.1, 0.15) is 11.4 Å². The topological polar surface area (TPSA) is 80.2 Å².